The maximum absolute atomic E-state index is 13.0. The molecule has 3 heteroatoms. The Morgan fingerprint density at radius 1 is 1.08 bits per heavy atom. The van der Waals surface area contributed by atoms with Gasteiger partial charge in [-0.1, -0.05) is 45.8 Å². The number of cyclic esters (lactones) is 2. The number of hydrogen-bond acceptors (Lipinski definition) is 3. The van der Waals surface area contributed by atoms with Crippen LogP contribution in [0.15, 0.2) is 11.6 Å². The van der Waals surface area contributed by atoms with Crippen molar-refractivity contribution in [3.8, 4) is 0 Å². The third kappa shape index (κ3) is 1.30. The molecule has 4 bridgehead atoms. The molecule has 0 radical (unpaired) electrons. The number of carbonyl (C=O) groups is 2. The van der Waals surface area contributed by atoms with Crippen LogP contribution in [0.25, 0.3) is 0 Å². The maximum Gasteiger partial charge on any atom is 0.321 e. The molecular formula is C23H30O3. The molecule has 7 aliphatic rings. The molecule has 5 fully saturated rings. The largest absolute Gasteiger partial charge is 0.392 e. The third-order valence-corrected chi connectivity index (χ3v) is 10.5. The summed E-state index contributed by atoms with van der Waals surface area (Å²) in [6.07, 6.45) is 9.77. The van der Waals surface area contributed by atoms with E-state index >= 15 is 0 Å². The van der Waals surface area contributed by atoms with Crippen molar-refractivity contribution in [2.24, 2.45) is 51.2 Å². The van der Waals surface area contributed by atoms with E-state index in [0.29, 0.717) is 16.7 Å². The monoisotopic (exact) mass is 354 g/mol. The van der Waals surface area contributed by atoms with E-state index < -0.39 is 5.41 Å². The van der Waals surface area contributed by atoms with E-state index in [4.69, 9.17) is 4.74 Å². The molecule has 1 saturated heterocycles. The van der Waals surface area contributed by atoms with Crippen LogP contribution in [0.5, 0.6) is 0 Å². The molecule has 3 nitrogen and oxygen atoms in total. The summed E-state index contributed by atoms with van der Waals surface area (Å²) in [7, 11) is 0. The fourth-order valence-corrected chi connectivity index (χ4v) is 9.72. The van der Waals surface area contributed by atoms with Crippen molar-refractivity contribution in [2.75, 3.05) is 0 Å². The quantitative estimate of drug-likeness (QED) is 0.365. The molecule has 0 N–H and O–H groups in total. The zero-order valence-corrected chi connectivity index (χ0v) is 16.4. The summed E-state index contributed by atoms with van der Waals surface area (Å²) < 4.78 is 5.34. The van der Waals surface area contributed by atoms with Crippen LogP contribution in [0, 0.1) is 51.2 Å². The lowest BCUT2D eigenvalue weighted by Gasteiger charge is -2.75. The molecule has 0 aromatic rings. The Hall–Kier alpha value is -1.12. The van der Waals surface area contributed by atoms with Gasteiger partial charge in [-0.15, -0.1) is 0 Å². The third-order valence-electron chi connectivity index (χ3n) is 10.5. The molecule has 6 aliphatic carbocycles. The average molecular weight is 354 g/mol. The van der Waals surface area contributed by atoms with E-state index in [1.165, 1.54) is 31.3 Å². The van der Waals surface area contributed by atoms with Crippen LogP contribution in [0.3, 0.4) is 0 Å². The zero-order chi connectivity index (χ0) is 18.3. The van der Waals surface area contributed by atoms with Gasteiger partial charge in [0.2, 0.25) is 0 Å². The van der Waals surface area contributed by atoms with Crippen molar-refractivity contribution in [3.63, 3.8) is 0 Å². The van der Waals surface area contributed by atoms with Crippen molar-refractivity contribution < 1.29 is 14.3 Å². The number of carbonyl (C=O) groups excluding carboxylic acids is 2. The summed E-state index contributed by atoms with van der Waals surface area (Å²) in [6, 6.07) is 0. The van der Waals surface area contributed by atoms with E-state index in [-0.39, 0.29) is 35.1 Å². The van der Waals surface area contributed by atoms with Gasteiger partial charge in [0.25, 0.3) is 0 Å². The second-order valence-electron chi connectivity index (χ2n) is 11.3. The normalized spacial score (nSPS) is 58.2. The number of allylic oxidation sites excluding steroid dienone is 2. The van der Waals surface area contributed by atoms with Gasteiger partial charge < -0.3 is 4.74 Å². The van der Waals surface area contributed by atoms with Crippen molar-refractivity contribution in [1.29, 1.82) is 0 Å². The number of hydrogen-bond donors (Lipinski definition) is 0. The van der Waals surface area contributed by atoms with Gasteiger partial charge in [-0.05, 0) is 66.6 Å². The lowest BCUT2D eigenvalue weighted by molar-refractivity contribution is -0.225. The molecule has 1 heterocycles. The van der Waals surface area contributed by atoms with Crippen LogP contribution in [0.1, 0.15) is 66.2 Å². The highest BCUT2D eigenvalue weighted by atomic mass is 16.6. The second kappa shape index (κ2) is 4.15. The van der Waals surface area contributed by atoms with E-state index in [2.05, 4.69) is 33.8 Å². The minimum atomic E-state index is -0.509. The van der Waals surface area contributed by atoms with Crippen LogP contribution < -0.4 is 0 Å². The Bertz CT molecular complexity index is 793. The molecule has 0 amide bonds. The molecule has 7 rings (SSSR count). The molecule has 140 valence electrons. The molecule has 1 aliphatic heterocycles. The van der Waals surface area contributed by atoms with Gasteiger partial charge >= 0.3 is 11.9 Å². The van der Waals surface area contributed by atoms with E-state index in [1.807, 2.05) is 0 Å². The fraction of sp³-hybridized carbons (Fsp3) is 0.826. The first kappa shape index (κ1) is 15.9. The predicted octanol–water partition coefficient (Wildman–Crippen LogP) is 4.51. The summed E-state index contributed by atoms with van der Waals surface area (Å²) in [5, 5.41) is 0. The summed E-state index contributed by atoms with van der Waals surface area (Å²) in [6.45, 7) is 9.59. The highest BCUT2D eigenvalue weighted by Gasteiger charge is 2.84. The lowest BCUT2D eigenvalue weighted by Crippen LogP contribution is -2.73. The van der Waals surface area contributed by atoms with Gasteiger partial charge in [0, 0.05) is 5.41 Å². The SMILES string of the molecule is CC1C2=CC34CCC5C(C)(C)CCCC5(C)C3CC2C12C(=O)OC(=O)C42. The molecule has 26 heavy (non-hydrogen) atoms. The average Bonchev–Trinajstić information content (AvgIpc) is 2.88. The summed E-state index contributed by atoms with van der Waals surface area (Å²) in [4.78, 5) is 25.8. The zero-order valence-electron chi connectivity index (χ0n) is 16.4. The maximum atomic E-state index is 13.0. The first-order valence-electron chi connectivity index (χ1n) is 10.7. The van der Waals surface area contributed by atoms with Crippen LogP contribution >= 0.6 is 0 Å². The molecule has 8 atom stereocenters. The van der Waals surface area contributed by atoms with Crippen LogP contribution in [0.2, 0.25) is 0 Å². The van der Waals surface area contributed by atoms with Crippen molar-refractivity contribution in [2.45, 2.75) is 66.2 Å². The Morgan fingerprint density at radius 2 is 1.85 bits per heavy atom. The van der Waals surface area contributed by atoms with E-state index in [9.17, 15) is 9.59 Å². The van der Waals surface area contributed by atoms with Crippen LogP contribution in [-0.4, -0.2) is 11.9 Å². The van der Waals surface area contributed by atoms with Crippen molar-refractivity contribution in [3.05, 3.63) is 11.6 Å². The fourth-order valence-electron chi connectivity index (χ4n) is 9.72. The summed E-state index contributed by atoms with van der Waals surface area (Å²) in [5.74, 6) is 1.13. The Kier molecular flexibility index (Phi) is 2.54. The first-order chi connectivity index (χ1) is 12.2. The highest BCUT2D eigenvalue weighted by Crippen LogP contribution is 2.82. The topological polar surface area (TPSA) is 43.4 Å². The molecule has 0 aromatic carbocycles. The molecular weight excluding hydrogens is 324 g/mol. The van der Waals surface area contributed by atoms with Crippen LogP contribution in [-0.2, 0) is 14.3 Å². The highest BCUT2D eigenvalue weighted by molar-refractivity contribution is 6.03. The summed E-state index contributed by atoms with van der Waals surface area (Å²) >= 11 is 0. The molecule has 2 spiro atoms. The minimum absolute atomic E-state index is 0.113. The summed E-state index contributed by atoms with van der Waals surface area (Å²) in [5.41, 5.74) is 1.53. The van der Waals surface area contributed by atoms with Gasteiger partial charge in [0.1, 0.15) is 0 Å². The van der Waals surface area contributed by atoms with Gasteiger partial charge in [-0.25, -0.2) is 0 Å². The van der Waals surface area contributed by atoms with E-state index in [1.54, 1.807) is 0 Å². The molecule has 4 saturated carbocycles. The minimum Gasteiger partial charge on any atom is -0.392 e. The number of ether oxygens (including phenoxy) is 1. The van der Waals surface area contributed by atoms with E-state index in [0.717, 1.165) is 18.8 Å². The van der Waals surface area contributed by atoms with Gasteiger partial charge in [0.05, 0.1) is 11.3 Å². The standard InChI is InChI=1S/C23H30O3/c1-12-13-11-22-9-6-15-20(2,3)7-5-8-21(15,4)16(22)10-14(13)23(12)17(22)18(24)26-19(23)25/h11-12,14-17H,5-10H2,1-4H3. The molecule has 0 aromatic heterocycles. The smallest absolute Gasteiger partial charge is 0.321 e. The van der Waals surface area contributed by atoms with Crippen molar-refractivity contribution >= 4 is 11.9 Å². The van der Waals surface area contributed by atoms with Gasteiger partial charge in [-0.2, -0.15) is 0 Å². The number of esters is 2. The Balaban J connectivity index is 1.55. The predicted molar refractivity (Wildman–Crippen MR) is 96.8 cm³/mol. The molecule has 8 unspecified atom stereocenters. The van der Waals surface area contributed by atoms with Crippen LogP contribution in [0.4, 0.5) is 0 Å². The van der Waals surface area contributed by atoms with Gasteiger partial charge in [-0.3, -0.25) is 9.59 Å². The lowest BCUT2D eigenvalue weighted by atomic mass is 9.26. The Morgan fingerprint density at radius 3 is 2.62 bits per heavy atom. The van der Waals surface area contributed by atoms with Crippen molar-refractivity contribution in [1.82, 2.24) is 0 Å². The number of rotatable bonds is 0. The second-order valence-corrected chi connectivity index (χ2v) is 11.3. The number of fused-ring (bicyclic) bond motifs is 1. The van der Waals surface area contributed by atoms with Gasteiger partial charge in [0.15, 0.2) is 0 Å². The Labute approximate surface area is 155 Å². The first-order valence-corrected chi connectivity index (χ1v) is 10.7.